The van der Waals surface area contributed by atoms with Gasteiger partial charge in [-0.3, -0.25) is 10.1 Å². The zero-order chi connectivity index (χ0) is 17.6. The highest BCUT2D eigenvalue weighted by atomic mass is 79.9. The fraction of sp³-hybridized carbons (Fsp3) is 0.188. The number of halogens is 2. The lowest BCUT2D eigenvalue weighted by atomic mass is 10.3. The second-order valence-electron chi connectivity index (χ2n) is 4.97. The Kier molecular flexibility index (Phi) is 6.22. The van der Waals surface area contributed by atoms with Gasteiger partial charge in [-0.1, -0.05) is 5.10 Å². The summed E-state index contributed by atoms with van der Waals surface area (Å²) in [6.45, 7) is 0. The first-order valence-electron chi connectivity index (χ1n) is 7.37. The predicted octanol–water partition coefficient (Wildman–Crippen LogP) is 5.21. The molecule has 1 amide bonds. The van der Waals surface area contributed by atoms with Gasteiger partial charge in [0.05, 0.1) is 8.66 Å². The molecule has 0 aliphatic heterocycles. The molecule has 0 spiro atoms. The second-order valence-corrected chi connectivity index (χ2v) is 8.60. The standard InChI is InChI=1S/C16H13BrFN3O2S2/c17-13-8-7-12(25-13)15-20-21-16(23-15)19-14(22)2-1-9-24-11-5-3-10(18)4-6-11/h3-8H,1-2,9H2,(H,19,21,22). The van der Waals surface area contributed by atoms with E-state index in [0.29, 0.717) is 18.7 Å². The van der Waals surface area contributed by atoms with Gasteiger partial charge in [-0.05, 0) is 64.5 Å². The number of benzene rings is 1. The number of carbonyl (C=O) groups excluding carboxylic acids is 1. The largest absolute Gasteiger partial charge is 0.402 e. The van der Waals surface area contributed by atoms with Crippen LogP contribution in [-0.2, 0) is 4.79 Å². The van der Waals surface area contributed by atoms with Gasteiger partial charge in [0, 0.05) is 11.3 Å². The Bertz CT molecular complexity index is 851. The Labute approximate surface area is 160 Å². The van der Waals surface area contributed by atoms with E-state index >= 15 is 0 Å². The average Bonchev–Trinajstić information content (AvgIpc) is 3.22. The van der Waals surface area contributed by atoms with Gasteiger partial charge in [-0.15, -0.1) is 28.2 Å². The van der Waals surface area contributed by atoms with Gasteiger partial charge in [-0.2, -0.15) is 0 Å². The fourth-order valence-corrected chi connectivity index (χ4v) is 4.10. The van der Waals surface area contributed by atoms with Gasteiger partial charge in [0.1, 0.15) is 5.82 Å². The summed E-state index contributed by atoms with van der Waals surface area (Å²) < 4.78 is 19.2. The van der Waals surface area contributed by atoms with E-state index in [2.05, 4.69) is 31.4 Å². The Morgan fingerprint density at radius 2 is 2.04 bits per heavy atom. The van der Waals surface area contributed by atoms with Gasteiger partial charge in [0.25, 0.3) is 5.89 Å². The molecule has 25 heavy (non-hydrogen) atoms. The lowest BCUT2D eigenvalue weighted by molar-refractivity contribution is -0.116. The molecule has 0 bridgehead atoms. The lowest BCUT2D eigenvalue weighted by Gasteiger charge is -2.02. The molecule has 0 saturated heterocycles. The Morgan fingerprint density at radius 3 is 2.76 bits per heavy atom. The molecule has 0 saturated carbocycles. The van der Waals surface area contributed by atoms with Crippen molar-refractivity contribution in [2.24, 2.45) is 0 Å². The Morgan fingerprint density at radius 1 is 1.24 bits per heavy atom. The summed E-state index contributed by atoms with van der Waals surface area (Å²) in [6, 6.07) is 10.1. The van der Waals surface area contributed by atoms with Crippen LogP contribution in [0.15, 0.2) is 49.5 Å². The molecule has 130 valence electrons. The van der Waals surface area contributed by atoms with Gasteiger partial charge in [-0.25, -0.2) is 4.39 Å². The smallest absolute Gasteiger partial charge is 0.322 e. The van der Waals surface area contributed by atoms with Crippen molar-refractivity contribution < 1.29 is 13.6 Å². The van der Waals surface area contributed by atoms with Crippen LogP contribution in [0.25, 0.3) is 10.8 Å². The maximum Gasteiger partial charge on any atom is 0.322 e. The summed E-state index contributed by atoms with van der Waals surface area (Å²) in [5.74, 6) is 0.704. The number of hydrogen-bond acceptors (Lipinski definition) is 6. The number of thioether (sulfide) groups is 1. The second kappa shape index (κ2) is 8.59. The molecule has 1 N–H and O–H groups in total. The molecule has 0 unspecified atom stereocenters. The maximum absolute atomic E-state index is 12.8. The van der Waals surface area contributed by atoms with Crippen molar-refractivity contribution in [3.8, 4) is 10.8 Å². The van der Waals surface area contributed by atoms with E-state index in [4.69, 9.17) is 4.42 Å². The molecule has 0 aliphatic carbocycles. The molecule has 5 nitrogen and oxygen atoms in total. The summed E-state index contributed by atoms with van der Waals surface area (Å²) in [5.41, 5.74) is 0. The van der Waals surface area contributed by atoms with E-state index in [1.165, 1.54) is 23.5 Å². The van der Waals surface area contributed by atoms with Crippen LogP contribution in [0.3, 0.4) is 0 Å². The quantitative estimate of drug-likeness (QED) is 0.402. The third-order valence-electron chi connectivity index (χ3n) is 3.09. The highest BCUT2D eigenvalue weighted by Crippen LogP contribution is 2.31. The van der Waals surface area contributed by atoms with Crippen LogP contribution in [0.5, 0.6) is 0 Å². The van der Waals surface area contributed by atoms with Crippen LogP contribution in [0.1, 0.15) is 12.8 Å². The van der Waals surface area contributed by atoms with E-state index in [9.17, 15) is 9.18 Å². The molecule has 2 heterocycles. The number of amides is 1. The van der Waals surface area contributed by atoms with Gasteiger partial charge < -0.3 is 4.42 Å². The van der Waals surface area contributed by atoms with Crippen LogP contribution in [0.2, 0.25) is 0 Å². The molecular weight excluding hydrogens is 429 g/mol. The summed E-state index contributed by atoms with van der Waals surface area (Å²) in [6.07, 6.45) is 1.03. The summed E-state index contributed by atoms with van der Waals surface area (Å²) in [5, 5.41) is 10.3. The van der Waals surface area contributed by atoms with Crippen molar-refractivity contribution in [3.63, 3.8) is 0 Å². The number of rotatable bonds is 7. The summed E-state index contributed by atoms with van der Waals surface area (Å²) in [4.78, 5) is 13.7. The molecular formula is C16H13BrFN3O2S2. The topological polar surface area (TPSA) is 68.0 Å². The lowest BCUT2D eigenvalue weighted by Crippen LogP contribution is -2.11. The van der Waals surface area contributed by atoms with E-state index in [1.807, 2.05) is 12.1 Å². The minimum atomic E-state index is -0.252. The molecule has 9 heteroatoms. The normalized spacial score (nSPS) is 10.8. The first kappa shape index (κ1) is 18.1. The molecule has 0 atom stereocenters. The minimum absolute atomic E-state index is 0.0933. The minimum Gasteiger partial charge on any atom is -0.402 e. The van der Waals surface area contributed by atoms with Crippen molar-refractivity contribution in [3.05, 3.63) is 46.0 Å². The Hall–Kier alpha value is -1.71. The number of thiophene rings is 1. The van der Waals surface area contributed by atoms with E-state index < -0.39 is 0 Å². The zero-order valence-corrected chi connectivity index (χ0v) is 16.1. The van der Waals surface area contributed by atoms with Crippen molar-refractivity contribution in [1.29, 1.82) is 0 Å². The Balaban J connectivity index is 1.42. The fourth-order valence-electron chi connectivity index (χ4n) is 1.94. The van der Waals surface area contributed by atoms with Crippen LogP contribution in [0.4, 0.5) is 10.4 Å². The number of nitrogens with one attached hydrogen (secondary N) is 1. The number of anilines is 1. The summed E-state index contributed by atoms with van der Waals surface area (Å²) >= 11 is 6.42. The van der Waals surface area contributed by atoms with Crippen LogP contribution in [-0.4, -0.2) is 21.9 Å². The van der Waals surface area contributed by atoms with Crippen molar-refractivity contribution >= 4 is 51.0 Å². The average molecular weight is 442 g/mol. The van der Waals surface area contributed by atoms with E-state index in [1.54, 1.807) is 23.9 Å². The first-order valence-corrected chi connectivity index (χ1v) is 9.97. The third kappa shape index (κ3) is 5.38. The first-order chi connectivity index (χ1) is 12.1. The monoisotopic (exact) mass is 441 g/mol. The molecule has 0 radical (unpaired) electrons. The zero-order valence-electron chi connectivity index (χ0n) is 12.9. The van der Waals surface area contributed by atoms with Crippen molar-refractivity contribution in [1.82, 2.24) is 10.2 Å². The number of hydrogen-bond donors (Lipinski definition) is 1. The van der Waals surface area contributed by atoms with Gasteiger partial charge in [0.15, 0.2) is 0 Å². The molecule has 0 aliphatic rings. The van der Waals surface area contributed by atoms with Crippen LogP contribution < -0.4 is 5.32 Å². The molecule has 3 rings (SSSR count). The predicted molar refractivity (Wildman–Crippen MR) is 100 cm³/mol. The highest BCUT2D eigenvalue weighted by molar-refractivity contribution is 9.11. The number of aromatic nitrogens is 2. The molecule has 0 fully saturated rings. The van der Waals surface area contributed by atoms with Crippen LogP contribution in [0, 0.1) is 5.82 Å². The summed E-state index contributed by atoms with van der Waals surface area (Å²) in [7, 11) is 0. The highest BCUT2D eigenvalue weighted by Gasteiger charge is 2.12. The van der Waals surface area contributed by atoms with Crippen molar-refractivity contribution in [2.75, 3.05) is 11.1 Å². The van der Waals surface area contributed by atoms with E-state index in [-0.39, 0.29) is 17.7 Å². The van der Waals surface area contributed by atoms with Crippen molar-refractivity contribution in [2.45, 2.75) is 17.7 Å². The maximum atomic E-state index is 12.8. The molecule has 1 aromatic carbocycles. The SMILES string of the molecule is O=C(CCCSc1ccc(F)cc1)Nc1nnc(-c2ccc(Br)s2)o1. The number of carbonyl (C=O) groups is 1. The van der Waals surface area contributed by atoms with E-state index in [0.717, 1.165) is 19.3 Å². The molecule has 3 aromatic rings. The third-order valence-corrected chi connectivity index (χ3v) is 5.80. The molecule has 2 aromatic heterocycles. The van der Waals surface area contributed by atoms with Crippen LogP contribution >= 0.6 is 39.0 Å². The number of nitrogens with zero attached hydrogens (tertiary/aromatic N) is 2. The van der Waals surface area contributed by atoms with Gasteiger partial charge in [0.2, 0.25) is 5.91 Å². The van der Waals surface area contributed by atoms with Gasteiger partial charge >= 0.3 is 6.01 Å².